The van der Waals surface area contributed by atoms with Gasteiger partial charge < -0.3 is 15.5 Å². The maximum Gasteiger partial charge on any atom is 0.319 e. The normalized spacial score (nSPS) is 10.7. The molecule has 0 unspecified atom stereocenters. The molecule has 0 fully saturated rings. The number of carbonyl (C=O) groups excluding carboxylic acids is 3. The van der Waals surface area contributed by atoms with Crippen LogP contribution in [0.2, 0.25) is 0 Å². The maximum atomic E-state index is 11.9. The zero-order valence-electron chi connectivity index (χ0n) is 13.0. The Morgan fingerprint density at radius 2 is 1.71 bits per heavy atom. The van der Waals surface area contributed by atoms with Crippen molar-refractivity contribution in [3.63, 3.8) is 0 Å². The van der Waals surface area contributed by atoms with Crippen molar-refractivity contribution in [2.45, 2.75) is 26.3 Å². The van der Waals surface area contributed by atoms with Crippen LogP contribution in [0.3, 0.4) is 0 Å². The quantitative estimate of drug-likeness (QED) is 0.659. The van der Waals surface area contributed by atoms with E-state index in [0.29, 0.717) is 5.69 Å². The lowest BCUT2D eigenvalue weighted by Gasteiger charge is -2.20. The zero-order chi connectivity index (χ0) is 16.2. The second-order valence-electron chi connectivity index (χ2n) is 5.94. The van der Waals surface area contributed by atoms with Crippen molar-refractivity contribution in [3.8, 4) is 0 Å². The van der Waals surface area contributed by atoms with Crippen molar-refractivity contribution in [1.82, 2.24) is 10.2 Å². The van der Waals surface area contributed by atoms with Crippen LogP contribution in [0, 0.1) is 0 Å². The van der Waals surface area contributed by atoms with E-state index in [2.05, 4.69) is 10.6 Å². The van der Waals surface area contributed by atoms with Crippen LogP contribution in [0.25, 0.3) is 0 Å². The van der Waals surface area contributed by atoms with Gasteiger partial charge in [-0.25, -0.2) is 4.79 Å². The largest absolute Gasteiger partial charge is 0.342 e. The Bertz CT molecular complexity index is 560. The highest BCUT2D eigenvalue weighted by Crippen LogP contribution is 2.12. The van der Waals surface area contributed by atoms with E-state index in [1.807, 2.05) is 20.8 Å². The molecule has 1 aromatic rings. The number of nitrogens with one attached hydrogen (secondary N) is 2. The van der Waals surface area contributed by atoms with Gasteiger partial charge in [-0.2, -0.15) is 0 Å². The summed E-state index contributed by atoms with van der Waals surface area (Å²) in [6.45, 7) is 5.59. The van der Waals surface area contributed by atoms with E-state index in [0.717, 1.165) is 0 Å². The number of Topliss-reactive ketones (excluding diaryl/α,β-unsaturated/α-hetero) is 1. The van der Waals surface area contributed by atoms with Gasteiger partial charge in [0.1, 0.15) is 0 Å². The topological polar surface area (TPSA) is 78.5 Å². The Morgan fingerprint density at radius 1 is 1.10 bits per heavy atom. The number of anilines is 1. The van der Waals surface area contributed by atoms with Gasteiger partial charge in [0.25, 0.3) is 5.91 Å². The lowest BCUT2D eigenvalue weighted by molar-refractivity contribution is -0.124. The average Bonchev–Trinajstić information content (AvgIpc) is 2.34. The van der Waals surface area contributed by atoms with E-state index >= 15 is 0 Å². The Kier molecular flexibility index (Phi) is 5.07. The van der Waals surface area contributed by atoms with E-state index in [1.54, 1.807) is 12.1 Å². The number of ketones is 1. The molecule has 21 heavy (non-hydrogen) atoms. The molecule has 1 rings (SSSR count). The number of carbonyl (C=O) groups is 3. The van der Waals surface area contributed by atoms with E-state index in [1.165, 1.54) is 31.1 Å². The summed E-state index contributed by atoms with van der Waals surface area (Å²) in [6, 6.07) is 5.91. The molecule has 0 atom stereocenters. The molecular weight excluding hydrogens is 270 g/mol. The van der Waals surface area contributed by atoms with Crippen molar-refractivity contribution in [2.24, 2.45) is 0 Å². The molecule has 2 N–H and O–H groups in total. The third-order valence-corrected chi connectivity index (χ3v) is 2.47. The Balaban J connectivity index is 2.84. The van der Waals surface area contributed by atoms with Gasteiger partial charge in [-0.3, -0.25) is 9.59 Å². The Morgan fingerprint density at radius 3 is 2.24 bits per heavy atom. The first-order valence-corrected chi connectivity index (χ1v) is 6.55. The minimum atomic E-state index is -0.611. The summed E-state index contributed by atoms with van der Waals surface area (Å²) in [5, 5.41) is 5.38. The van der Waals surface area contributed by atoms with Gasteiger partial charge in [0, 0.05) is 30.9 Å². The lowest BCUT2D eigenvalue weighted by atomic mass is 10.1. The third kappa shape index (κ3) is 5.25. The number of hydrogen-bond donors (Lipinski definition) is 2. The first kappa shape index (κ1) is 16.7. The van der Waals surface area contributed by atoms with Crippen molar-refractivity contribution in [2.75, 3.05) is 19.4 Å². The molecule has 0 saturated heterocycles. The number of hydrogen-bond acceptors (Lipinski definition) is 3. The van der Waals surface area contributed by atoms with Crippen molar-refractivity contribution >= 4 is 23.4 Å². The minimum absolute atomic E-state index is 0.238. The summed E-state index contributed by atoms with van der Waals surface area (Å²) in [4.78, 5) is 36.6. The van der Waals surface area contributed by atoms with Gasteiger partial charge in [-0.1, -0.05) is 12.1 Å². The smallest absolute Gasteiger partial charge is 0.319 e. The summed E-state index contributed by atoms with van der Waals surface area (Å²) in [6.07, 6.45) is 0. The monoisotopic (exact) mass is 291 g/mol. The predicted octanol–water partition coefficient (Wildman–Crippen LogP) is 1.88. The predicted molar refractivity (Wildman–Crippen MR) is 81.4 cm³/mol. The van der Waals surface area contributed by atoms with Crippen LogP contribution >= 0.6 is 0 Å². The fourth-order valence-electron chi connectivity index (χ4n) is 1.57. The molecule has 6 nitrogen and oxygen atoms in total. The molecule has 6 heteroatoms. The van der Waals surface area contributed by atoms with Crippen LogP contribution < -0.4 is 10.6 Å². The molecule has 0 spiro atoms. The van der Waals surface area contributed by atoms with Crippen molar-refractivity contribution < 1.29 is 14.4 Å². The van der Waals surface area contributed by atoms with Gasteiger partial charge in [0.15, 0.2) is 0 Å². The number of likely N-dealkylation sites (N-methyl/N-ethyl adjacent to an activating group) is 1. The van der Waals surface area contributed by atoms with Gasteiger partial charge in [-0.05, 0) is 32.9 Å². The van der Waals surface area contributed by atoms with Crippen LogP contribution in [0.15, 0.2) is 24.3 Å². The van der Waals surface area contributed by atoms with E-state index in [-0.39, 0.29) is 17.1 Å². The van der Waals surface area contributed by atoms with Gasteiger partial charge in [0.2, 0.25) is 5.78 Å². The molecule has 0 bridgehead atoms. The summed E-state index contributed by atoms with van der Waals surface area (Å²) in [5.74, 6) is -1.22. The van der Waals surface area contributed by atoms with Crippen LogP contribution in [-0.4, -0.2) is 42.3 Å². The fourth-order valence-corrected chi connectivity index (χ4v) is 1.57. The van der Waals surface area contributed by atoms with Crippen LogP contribution in [0.1, 0.15) is 31.1 Å². The zero-order valence-corrected chi connectivity index (χ0v) is 13.0. The van der Waals surface area contributed by atoms with Crippen LogP contribution in [-0.2, 0) is 4.79 Å². The summed E-state index contributed by atoms with van der Waals surface area (Å²) in [7, 11) is 3.03. The number of amides is 3. The molecule has 0 heterocycles. The van der Waals surface area contributed by atoms with Crippen molar-refractivity contribution in [3.05, 3.63) is 29.8 Å². The number of rotatable bonds is 3. The molecule has 0 aromatic heterocycles. The molecule has 0 radical (unpaired) electrons. The summed E-state index contributed by atoms with van der Waals surface area (Å²) in [5.41, 5.74) is 0.328. The molecule has 114 valence electrons. The highest BCUT2D eigenvalue weighted by molar-refractivity contribution is 6.42. The van der Waals surface area contributed by atoms with E-state index in [4.69, 9.17) is 0 Å². The fraction of sp³-hybridized carbons (Fsp3) is 0.400. The second kappa shape index (κ2) is 6.39. The number of benzene rings is 1. The highest BCUT2D eigenvalue weighted by atomic mass is 16.2. The molecule has 0 aliphatic heterocycles. The minimum Gasteiger partial charge on any atom is -0.342 e. The van der Waals surface area contributed by atoms with Gasteiger partial charge in [-0.15, -0.1) is 0 Å². The second-order valence-corrected chi connectivity index (χ2v) is 5.94. The number of nitrogens with zero attached hydrogens (tertiary/aromatic N) is 1. The molecule has 0 saturated carbocycles. The standard InChI is InChI=1S/C15H21N3O3/c1-15(2,3)17-14(21)16-11-8-6-7-10(9-11)12(19)13(20)18(4)5/h6-9H,1-5H3,(H2,16,17,21). The first-order chi connectivity index (χ1) is 9.60. The van der Waals surface area contributed by atoms with Crippen LogP contribution in [0.5, 0.6) is 0 Å². The van der Waals surface area contributed by atoms with Gasteiger partial charge in [0.05, 0.1) is 0 Å². The average molecular weight is 291 g/mol. The van der Waals surface area contributed by atoms with Crippen molar-refractivity contribution in [1.29, 1.82) is 0 Å². The highest BCUT2D eigenvalue weighted by Gasteiger charge is 2.19. The molecule has 0 aliphatic rings. The SMILES string of the molecule is CN(C)C(=O)C(=O)c1cccc(NC(=O)NC(C)(C)C)c1. The van der Waals surface area contributed by atoms with E-state index < -0.39 is 11.7 Å². The van der Waals surface area contributed by atoms with Crippen LogP contribution in [0.4, 0.5) is 10.5 Å². The number of urea groups is 1. The van der Waals surface area contributed by atoms with E-state index in [9.17, 15) is 14.4 Å². The molecular formula is C15H21N3O3. The third-order valence-electron chi connectivity index (χ3n) is 2.47. The van der Waals surface area contributed by atoms with Gasteiger partial charge >= 0.3 is 6.03 Å². The molecule has 1 aromatic carbocycles. The lowest BCUT2D eigenvalue weighted by Crippen LogP contribution is -2.43. The maximum absolute atomic E-state index is 11.9. The first-order valence-electron chi connectivity index (χ1n) is 6.55. The molecule has 0 aliphatic carbocycles. The molecule has 3 amide bonds. The summed E-state index contributed by atoms with van der Waals surface area (Å²) >= 11 is 0. The Labute approximate surface area is 124 Å². The Hall–Kier alpha value is -2.37. The summed E-state index contributed by atoms with van der Waals surface area (Å²) < 4.78 is 0.